The summed E-state index contributed by atoms with van der Waals surface area (Å²) in [5.41, 5.74) is 0. The van der Waals surface area contributed by atoms with Crippen LogP contribution in [0.25, 0.3) is 0 Å². The van der Waals surface area contributed by atoms with E-state index in [1.807, 2.05) is 0 Å². The molecule has 1 aliphatic rings. The molecule has 0 unspecified atom stereocenters. The van der Waals surface area contributed by atoms with Crippen molar-refractivity contribution in [3.63, 3.8) is 0 Å². The summed E-state index contributed by atoms with van der Waals surface area (Å²) in [4.78, 5) is 2.40. The summed E-state index contributed by atoms with van der Waals surface area (Å²) < 4.78 is 5.25. The first-order chi connectivity index (χ1) is 6.43. The molecular weight excluding hydrogens is 168 g/mol. The van der Waals surface area contributed by atoms with Crippen molar-refractivity contribution >= 4 is 0 Å². The number of hydrogen-bond donors (Lipinski definition) is 2. The molecule has 0 amide bonds. The Balaban J connectivity index is 1.86. The fourth-order valence-electron chi connectivity index (χ4n) is 1.39. The molecule has 0 saturated carbocycles. The van der Waals surface area contributed by atoms with Crippen LogP contribution in [0.15, 0.2) is 0 Å². The summed E-state index contributed by atoms with van der Waals surface area (Å²) in [6.07, 6.45) is 0.850. The maximum absolute atomic E-state index is 8.55. The van der Waals surface area contributed by atoms with Gasteiger partial charge in [0.2, 0.25) is 0 Å². The fourth-order valence-corrected chi connectivity index (χ4v) is 1.39. The molecule has 0 radical (unpaired) electrons. The molecule has 1 fully saturated rings. The predicted molar refractivity (Wildman–Crippen MR) is 51.8 cm³/mol. The van der Waals surface area contributed by atoms with Crippen LogP contribution in [0.1, 0.15) is 6.42 Å². The second kappa shape index (κ2) is 7.26. The molecule has 0 aromatic heterocycles. The number of hydrogen-bond acceptors (Lipinski definition) is 4. The Hall–Kier alpha value is -0.160. The van der Waals surface area contributed by atoms with Gasteiger partial charge in [-0.05, 0) is 13.0 Å². The number of ether oxygens (including phenoxy) is 1. The molecule has 1 saturated heterocycles. The molecule has 1 aliphatic heterocycles. The number of nitrogens with one attached hydrogen (secondary N) is 1. The minimum absolute atomic E-state index is 0.282. The third kappa shape index (κ3) is 5.21. The van der Waals surface area contributed by atoms with Crippen LogP contribution >= 0.6 is 0 Å². The molecule has 4 nitrogen and oxygen atoms in total. The van der Waals surface area contributed by atoms with Crippen molar-refractivity contribution in [3.05, 3.63) is 0 Å². The monoisotopic (exact) mass is 188 g/mol. The molecular formula is C9H20N2O2. The van der Waals surface area contributed by atoms with Crippen LogP contribution in [0.3, 0.4) is 0 Å². The molecule has 4 heteroatoms. The van der Waals surface area contributed by atoms with Crippen LogP contribution in [0, 0.1) is 0 Å². The molecule has 1 rings (SSSR count). The van der Waals surface area contributed by atoms with Crippen molar-refractivity contribution in [2.24, 2.45) is 0 Å². The summed E-state index contributed by atoms with van der Waals surface area (Å²) in [7, 11) is 0. The van der Waals surface area contributed by atoms with E-state index in [9.17, 15) is 0 Å². The van der Waals surface area contributed by atoms with Crippen LogP contribution in [0.4, 0.5) is 0 Å². The van der Waals surface area contributed by atoms with E-state index in [0.29, 0.717) is 0 Å². The Bertz CT molecular complexity index is 116. The van der Waals surface area contributed by atoms with E-state index >= 15 is 0 Å². The second-order valence-corrected chi connectivity index (χ2v) is 3.28. The van der Waals surface area contributed by atoms with Crippen molar-refractivity contribution < 1.29 is 9.84 Å². The Morgan fingerprint density at radius 3 is 2.69 bits per heavy atom. The van der Waals surface area contributed by atoms with Gasteiger partial charge < -0.3 is 15.2 Å². The number of morpholine rings is 1. The van der Waals surface area contributed by atoms with Crippen molar-refractivity contribution in [1.29, 1.82) is 0 Å². The largest absolute Gasteiger partial charge is 0.396 e. The average molecular weight is 188 g/mol. The van der Waals surface area contributed by atoms with E-state index in [1.165, 1.54) is 0 Å². The highest BCUT2D eigenvalue weighted by molar-refractivity contribution is 4.62. The van der Waals surface area contributed by atoms with Gasteiger partial charge in [-0.2, -0.15) is 0 Å². The standard InChI is InChI=1S/C9H20N2O2/c12-7-1-2-10-3-4-11-5-8-13-9-6-11/h10,12H,1-9H2. The highest BCUT2D eigenvalue weighted by Crippen LogP contribution is 1.94. The van der Waals surface area contributed by atoms with E-state index in [2.05, 4.69) is 10.2 Å². The van der Waals surface area contributed by atoms with Crippen LogP contribution in [-0.2, 0) is 4.74 Å². The molecule has 78 valence electrons. The lowest BCUT2D eigenvalue weighted by Gasteiger charge is -2.26. The quantitative estimate of drug-likeness (QED) is 0.541. The van der Waals surface area contributed by atoms with Crippen molar-refractivity contribution in [2.75, 3.05) is 52.5 Å². The number of aliphatic hydroxyl groups is 1. The number of aliphatic hydroxyl groups excluding tert-OH is 1. The van der Waals surface area contributed by atoms with Crippen LogP contribution in [-0.4, -0.2) is 62.6 Å². The van der Waals surface area contributed by atoms with Gasteiger partial charge in [0.1, 0.15) is 0 Å². The summed E-state index contributed by atoms with van der Waals surface area (Å²) in [5, 5.41) is 11.8. The molecule has 0 aromatic carbocycles. The molecule has 0 aliphatic carbocycles. The van der Waals surface area contributed by atoms with Gasteiger partial charge in [0.15, 0.2) is 0 Å². The van der Waals surface area contributed by atoms with Gasteiger partial charge in [-0.3, -0.25) is 4.90 Å². The third-order valence-corrected chi connectivity index (χ3v) is 2.22. The summed E-state index contributed by atoms with van der Waals surface area (Å²) in [6.45, 7) is 7.16. The summed E-state index contributed by atoms with van der Waals surface area (Å²) in [5.74, 6) is 0. The Morgan fingerprint density at radius 2 is 2.00 bits per heavy atom. The van der Waals surface area contributed by atoms with Crippen molar-refractivity contribution in [3.8, 4) is 0 Å². The summed E-state index contributed by atoms with van der Waals surface area (Å²) >= 11 is 0. The first-order valence-corrected chi connectivity index (χ1v) is 5.05. The van der Waals surface area contributed by atoms with Gasteiger partial charge in [0, 0.05) is 32.8 Å². The van der Waals surface area contributed by atoms with Gasteiger partial charge in [-0.25, -0.2) is 0 Å². The Labute approximate surface area is 79.9 Å². The Morgan fingerprint density at radius 1 is 1.23 bits per heavy atom. The van der Waals surface area contributed by atoms with Gasteiger partial charge in [-0.1, -0.05) is 0 Å². The first-order valence-electron chi connectivity index (χ1n) is 5.05. The molecule has 2 N–H and O–H groups in total. The lowest BCUT2D eigenvalue weighted by atomic mass is 10.4. The van der Waals surface area contributed by atoms with Crippen LogP contribution in [0.5, 0.6) is 0 Å². The maximum atomic E-state index is 8.55. The lowest BCUT2D eigenvalue weighted by Crippen LogP contribution is -2.40. The highest BCUT2D eigenvalue weighted by atomic mass is 16.5. The number of rotatable bonds is 6. The van der Waals surface area contributed by atoms with E-state index < -0.39 is 0 Å². The van der Waals surface area contributed by atoms with Crippen LogP contribution in [0.2, 0.25) is 0 Å². The van der Waals surface area contributed by atoms with Crippen molar-refractivity contribution in [2.45, 2.75) is 6.42 Å². The number of nitrogens with zero attached hydrogens (tertiary/aromatic N) is 1. The second-order valence-electron chi connectivity index (χ2n) is 3.28. The zero-order chi connectivity index (χ0) is 9.36. The predicted octanol–water partition coefficient (Wildman–Crippen LogP) is -0.709. The normalized spacial score (nSPS) is 19.2. The molecule has 0 bridgehead atoms. The van der Waals surface area contributed by atoms with Gasteiger partial charge in [0.25, 0.3) is 0 Å². The lowest BCUT2D eigenvalue weighted by molar-refractivity contribution is 0.0384. The molecule has 1 heterocycles. The minimum Gasteiger partial charge on any atom is -0.396 e. The van der Waals surface area contributed by atoms with Crippen LogP contribution < -0.4 is 5.32 Å². The fraction of sp³-hybridized carbons (Fsp3) is 1.00. The highest BCUT2D eigenvalue weighted by Gasteiger charge is 2.08. The van der Waals surface area contributed by atoms with Crippen molar-refractivity contribution in [1.82, 2.24) is 10.2 Å². The Kier molecular flexibility index (Phi) is 6.10. The zero-order valence-electron chi connectivity index (χ0n) is 8.17. The molecule has 0 spiro atoms. The zero-order valence-corrected chi connectivity index (χ0v) is 8.17. The van der Waals surface area contributed by atoms with E-state index in [4.69, 9.17) is 9.84 Å². The molecule has 0 atom stereocenters. The smallest absolute Gasteiger partial charge is 0.0594 e. The summed E-state index contributed by atoms with van der Waals surface area (Å²) in [6, 6.07) is 0. The van der Waals surface area contributed by atoms with Gasteiger partial charge in [0.05, 0.1) is 13.2 Å². The third-order valence-electron chi connectivity index (χ3n) is 2.22. The van der Waals surface area contributed by atoms with E-state index in [-0.39, 0.29) is 6.61 Å². The van der Waals surface area contributed by atoms with Gasteiger partial charge in [-0.15, -0.1) is 0 Å². The SMILES string of the molecule is OCCCNCCN1CCOCC1. The van der Waals surface area contributed by atoms with Gasteiger partial charge >= 0.3 is 0 Å². The first kappa shape index (κ1) is 10.9. The minimum atomic E-state index is 0.282. The molecule has 13 heavy (non-hydrogen) atoms. The average Bonchev–Trinajstić information content (AvgIpc) is 2.19. The topological polar surface area (TPSA) is 44.7 Å². The maximum Gasteiger partial charge on any atom is 0.0594 e. The van der Waals surface area contributed by atoms with E-state index in [1.54, 1.807) is 0 Å². The molecule has 0 aromatic rings. The van der Waals surface area contributed by atoms with E-state index in [0.717, 1.165) is 52.4 Å².